The molecule has 18 heavy (non-hydrogen) atoms. The molecule has 1 amide bonds. The van der Waals surface area contributed by atoms with Gasteiger partial charge in [0.1, 0.15) is 5.82 Å². The summed E-state index contributed by atoms with van der Waals surface area (Å²) >= 11 is 5.56. The average molecular weight is 274 g/mol. The Bertz CT molecular complexity index is 488. The van der Waals surface area contributed by atoms with Gasteiger partial charge in [-0.3, -0.25) is 9.59 Å². The molecule has 0 unspecified atom stereocenters. The highest BCUT2D eigenvalue weighted by Crippen LogP contribution is 2.16. The van der Waals surface area contributed by atoms with Crippen molar-refractivity contribution < 1.29 is 19.1 Å². The Morgan fingerprint density at radius 2 is 2.06 bits per heavy atom. The van der Waals surface area contributed by atoms with E-state index >= 15 is 0 Å². The molecular formula is C12H13ClFNO3. The van der Waals surface area contributed by atoms with Crippen molar-refractivity contribution in [3.8, 4) is 0 Å². The third-order valence-electron chi connectivity index (χ3n) is 2.45. The minimum Gasteiger partial charge on any atom is -0.481 e. The Hall–Kier alpha value is -1.62. The number of halogens is 2. The zero-order chi connectivity index (χ0) is 13.9. The number of hydrogen-bond donors (Lipinski definition) is 2. The van der Waals surface area contributed by atoms with Gasteiger partial charge in [-0.25, -0.2) is 4.39 Å². The molecule has 6 heteroatoms. The number of amides is 1. The SMILES string of the molecule is CC(C)(CNC(=O)c1ccc(Cl)cc1F)C(=O)O. The average Bonchev–Trinajstić information content (AvgIpc) is 2.25. The van der Waals surface area contributed by atoms with Gasteiger partial charge in [0.25, 0.3) is 5.91 Å². The van der Waals surface area contributed by atoms with E-state index < -0.39 is 23.1 Å². The zero-order valence-corrected chi connectivity index (χ0v) is 10.7. The lowest BCUT2D eigenvalue weighted by Gasteiger charge is -2.19. The van der Waals surface area contributed by atoms with Crippen molar-refractivity contribution in [1.29, 1.82) is 0 Å². The number of carbonyl (C=O) groups excluding carboxylic acids is 1. The number of aliphatic carboxylic acids is 1. The van der Waals surface area contributed by atoms with E-state index in [0.717, 1.165) is 6.07 Å². The second-order valence-corrected chi connectivity index (χ2v) is 4.93. The summed E-state index contributed by atoms with van der Waals surface area (Å²) in [7, 11) is 0. The van der Waals surface area contributed by atoms with Crippen LogP contribution in [0.5, 0.6) is 0 Å². The van der Waals surface area contributed by atoms with Crippen LogP contribution in [0.25, 0.3) is 0 Å². The van der Waals surface area contributed by atoms with Crippen molar-refractivity contribution in [3.63, 3.8) is 0 Å². The summed E-state index contributed by atoms with van der Waals surface area (Å²) in [6.45, 7) is 2.84. The van der Waals surface area contributed by atoms with Gasteiger partial charge >= 0.3 is 5.97 Å². The maximum atomic E-state index is 13.4. The molecule has 0 saturated carbocycles. The van der Waals surface area contributed by atoms with Crippen LogP contribution in [-0.4, -0.2) is 23.5 Å². The van der Waals surface area contributed by atoms with Gasteiger partial charge in [0.15, 0.2) is 0 Å². The van der Waals surface area contributed by atoms with Gasteiger partial charge in [-0.15, -0.1) is 0 Å². The van der Waals surface area contributed by atoms with E-state index in [0.29, 0.717) is 0 Å². The smallest absolute Gasteiger partial charge is 0.310 e. The summed E-state index contributed by atoms with van der Waals surface area (Å²) in [5.74, 6) is -2.45. The van der Waals surface area contributed by atoms with E-state index in [9.17, 15) is 14.0 Å². The fourth-order valence-electron chi connectivity index (χ4n) is 1.15. The predicted octanol–water partition coefficient (Wildman–Crippen LogP) is 2.32. The van der Waals surface area contributed by atoms with E-state index in [1.807, 2.05) is 0 Å². The fourth-order valence-corrected chi connectivity index (χ4v) is 1.30. The van der Waals surface area contributed by atoms with Gasteiger partial charge in [0.2, 0.25) is 0 Å². The number of hydrogen-bond acceptors (Lipinski definition) is 2. The Morgan fingerprint density at radius 1 is 1.44 bits per heavy atom. The van der Waals surface area contributed by atoms with E-state index in [1.165, 1.54) is 26.0 Å². The third kappa shape index (κ3) is 3.43. The maximum absolute atomic E-state index is 13.4. The summed E-state index contributed by atoms with van der Waals surface area (Å²) in [6.07, 6.45) is 0. The molecule has 0 heterocycles. The van der Waals surface area contributed by atoms with Crippen LogP contribution in [0.1, 0.15) is 24.2 Å². The first-order valence-electron chi connectivity index (χ1n) is 5.20. The minimum absolute atomic E-state index is 0.0940. The lowest BCUT2D eigenvalue weighted by Crippen LogP contribution is -2.39. The molecule has 0 radical (unpaired) electrons. The predicted molar refractivity (Wildman–Crippen MR) is 65.2 cm³/mol. The highest BCUT2D eigenvalue weighted by molar-refractivity contribution is 6.30. The monoisotopic (exact) mass is 273 g/mol. The Labute approximate surface area is 109 Å². The van der Waals surface area contributed by atoms with E-state index in [2.05, 4.69) is 5.32 Å². The second-order valence-electron chi connectivity index (χ2n) is 4.50. The number of carboxylic acids is 1. The molecule has 0 atom stereocenters. The number of benzene rings is 1. The Balaban J connectivity index is 2.75. The van der Waals surface area contributed by atoms with Crippen molar-refractivity contribution >= 4 is 23.5 Å². The van der Waals surface area contributed by atoms with Gasteiger partial charge in [-0.1, -0.05) is 11.6 Å². The lowest BCUT2D eigenvalue weighted by atomic mass is 9.94. The molecule has 1 aromatic carbocycles. The summed E-state index contributed by atoms with van der Waals surface area (Å²) in [6, 6.07) is 3.67. The van der Waals surface area contributed by atoms with Crippen LogP contribution in [-0.2, 0) is 4.79 Å². The van der Waals surface area contributed by atoms with Gasteiger partial charge in [0, 0.05) is 11.6 Å². The number of carbonyl (C=O) groups is 2. The van der Waals surface area contributed by atoms with Crippen LogP contribution in [0.15, 0.2) is 18.2 Å². The van der Waals surface area contributed by atoms with Crippen molar-refractivity contribution in [2.24, 2.45) is 5.41 Å². The lowest BCUT2D eigenvalue weighted by molar-refractivity contribution is -0.146. The van der Waals surface area contributed by atoms with Crippen LogP contribution in [0.4, 0.5) is 4.39 Å². The number of nitrogens with one attached hydrogen (secondary N) is 1. The molecule has 0 aliphatic carbocycles. The highest BCUT2D eigenvalue weighted by Gasteiger charge is 2.28. The summed E-state index contributed by atoms with van der Waals surface area (Å²) in [4.78, 5) is 22.5. The van der Waals surface area contributed by atoms with Crippen molar-refractivity contribution in [2.75, 3.05) is 6.54 Å². The van der Waals surface area contributed by atoms with Gasteiger partial charge < -0.3 is 10.4 Å². The minimum atomic E-state index is -1.11. The fraction of sp³-hybridized carbons (Fsp3) is 0.333. The quantitative estimate of drug-likeness (QED) is 0.885. The maximum Gasteiger partial charge on any atom is 0.310 e. The highest BCUT2D eigenvalue weighted by atomic mass is 35.5. The van der Waals surface area contributed by atoms with Gasteiger partial charge in [-0.2, -0.15) is 0 Å². The molecule has 0 spiro atoms. The summed E-state index contributed by atoms with van der Waals surface area (Å²) in [5.41, 5.74) is -1.28. The normalized spacial score (nSPS) is 11.1. The van der Waals surface area contributed by atoms with Crippen molar-refractivity contribution in [2.45, 2.75) is 13.8 Å². The largest absolute Gasteiger partial charge is 0.481 e. The molecular weight excluding hydrogens is 261 g/mol. The van der Waals surface area contributed by atoms with E-state index in [4.69, 9.17) is 16.7 Å². The molecule has 0 saturated heterocycles. The molecule has 0 aromatic heterocycles. The third-order valence-corrected chi connectivity index (χ3v) is 2.68. The van der Waals surface area contributed by atoms with Crippen LogP contribution in [0, 0.1) is 11.2 Å². The van der Waals surface area contributed by atoms with Gasteiger partial charge in [-0.05, 0) is 32.0 Å². The van der Waals surface area contributed by atoms with E-state index in [1.54, 1.807) is 0 Å². The molecule has 0 aliphatic heterocycles. The first kappa shape index (κ1) is 14.4. The van der Waals surface area contributed by atoms with Crippen molar-refractivity contribution in [1.82, 2.24) is 5.32 Å². The van der Waals surface area contributed by atoms with Crippen molar-refractivity contribution in [3.05, 3.63) is 34.6 Å². The summed E-state index contributed by atoms with van der Waals surface area (Å²) < 4.78 is 13.4. The molecule has 98 valence electrons. The van der Waals surface area contributed by atoms with Gasteiger partial charge in [0.05, 0.1) is 11.0 Å². The van der Waals surface area contributed by atoms with E-state index in [-0.39, 0.29) is 17.1 Å². The first-order valence-corrected chi connectivity index (χ1v) is 5.58. The number of rotatable bonds is 4. The second kappa shape index (κ2) is 5.35. The molecule has 1 aromatic rings. The zero-order valence-electron chi connectivity index (χ0n) is 9.96. The van der Waals surface area contributed by atoms with Crippen LogP contribution in [0.3, 0.4) is 0 Å². The topological polar surface area (TPSA) is 66.4 Å². The Morgan fingerprint density at radius 3 is 2.56 bits per heavy atom. The molecule has 4 nitrogen and oxygen atoms in total. The van der Waals surface area contributed by atoms with Crippen LogP contribution < -0.4 is 5.32 Å². The number of carboxylic acid groups (broad SMARTS) is 1. The van der Waals surface area contributed by atoms with Crippen LogP contribution in [0.2, 0.25) is 5.02 Å². The summed E-state index contributed by atoms with van der Waals surface area (Å²) in [5, 5.41) is 11.4. The first-order chi connectivity index (χ1) is 8.24. The van der Waals surface area contributed by atoms with Crippen LogP contribution >= 0.6 is 11.6 Å². The molecule has 1 rings (SSSR count). The molecule has 0 bridgehead atoms. The molecule has 2 N–H and O–H groups in total. The Kier molecular flexibility index (Phi) is 4.29. The molecule has 0 fully saturated rings. The standard InChI is InChI=1S/C12H13ClFNO3/c1-12(2,11(17)18)6-15-10(16)8-4-3-7(13)5-9(8)14/h3-5H,6H2,1-2H3,(H,15,16)(H,17,18). The molecule has 0 aliphatic rings.